The second-order valence-corrected chi connectivity index (χ2v) is 5.79. The Bertz CT molecular complexity index is 431. The molecule has 0 aromatic heterocycles. The highest BCUT2D eigenvalue weighted by Crippen LogP contribution is 2.37. The molecule has 1 aromatic carbocycles. The molecule has 0 radical (unpaired) electrons. The van der Waals surface area contributed by atoms with Crippen LogP contribution in [0.3, 0.4) is 0 Å². The van der Waals surface area contributed by atoms with Gasteiger partial charge in [-0.1, -0.05) is 36.9 Å². The van der Waals surface area contributed by atoms with Crippen molar-refractivity contribution in [3.8, 4) is 11.5 Å². The lowest BCUT2D eigenvalue weighted by molar-refractivity contribution is 0.341. The zero-order chi connectivity index (χ0) is 14.4. The van der Waals surface area contributed by atoms with E-state index in [9.17, 15) is 0 Å². The Kier molecular flexibility index (Phi) is 5.99. The minimum atomic E-state index is 0.617. The van der Waals surface area contributed by atoms with Crippen molar-refractivity contribution >= 4 is 11.6 Å². The van der Waals surface area contributed by atoms with Crippen molar-refractivity contribution in [1.82, 2.24) is 5.32 Å². The van der Waals surface area contributed by atoms with Crippen LogP contribution in [0.15, 0.2) is 12.1 Å². The number of hydrogen-bond acceptors (Lipinski definition) is 3. The molecule has 0 atom stereocenters. The van der Waals surface area contributed by atoms with Gasteiger partial charge in [-0.05, 0) is 36.9 Å². The van der Waals surface area contributed by atoms with Gasteiger partial charge in [0.1, 0.15) is 0 Å². The van der Waals surface area contributed by atoms with Crippen LogP contribution in [0.25, 0.3) is 0 Å². The second kappa shape index (κ2) is 7.75. The van der Waals surface area contributed by atoms with E-state index in [4.69, 9.17) is 21.1 Å². The zero-order valence-electron chi connectivity index (χ0n) is 12.4. The molecule has 1 N–H and O–H groups in total. The van der Waals surface area contributed by atoms with Gasteiger partial charge in [0, 0.05) is 6.54 Å². The number of halogens is 1. The Hall–Kier alpha value is -0.930. The summed E-state index contributed by atoms with van der Waals surface area (Å²) >= 11 is 6.37. The molecule has 3 nitrogen and oxygen atoms in total. The van der Waals surface area contributed by atoms with E-state index < -0.39 is 0 Å². The van der Waals surface area contributed by atoms with E-state index in [0.717, 1.165) is 24.6 Å². The molecule has 0 unspecified atom stereocenters. The number of nitrogens with one attached hydrogen (secondary N) is 1. The standard InChI is InChI=1S/C16H24ClNO2/c1-19-14-9-8-13(15(17)16(14)20-2)11-18-10-12-6-4-3-5-7-12/h8-9,12,18H,3-7,10-11H2,1-2H3. The maximum atomic E-state index is 6.37. The van der Waals surface area contributed by atoms with Gasteiger partial charge in [-0.25, -0.2) is 0 Å². The van der Waals surface area contributed by atoms with Crippen LogP contribution < -0.4 is 14.8 Å². The molecule has 0 amide bonds. The molecule has 1 fully saturated rings. The fourth-order valence-electron chi connectivity index (χ4n) is 2.87. The number of ether oxygens (including phenoxy) is 2. The Morgan fingerprint density at radius 3 is 2.55 bits per heavy atom. The highest BCUT2D eigenvalue weighted by atomic mass is 35.5. The van der Waals surface area contributed by atoms with Crippen molar-refractivity contribution in [3.63, 3.8) is 0 Å². The molecule has 0 saturated heterocycles. The van der Waals surface area contributed by atoms with E-state index in [1.54, 1.807) is 14.2 Å². The quantitative estimate of drug-likeness (QED) is 0.860. The van der Waals surface area contributed by atoms with E-state index in [-0.39, 0.29) is 0 Å². The smallest absolute Gasteiger partial charge is 0.179 e. The van der Waals surface area contributed by atoms with Gasteiger partial charge in [-0.3, -0.25) is 0 Å². The summed E-state index contributed by atoms with van der Waals surface area (Å²) in [5.41, 5.74) is 1.06. The van der Waals surface area contributed by atoms with Gasteiger partial charge in [0.25, 0.3) is 0 Å². The summed E-state index contributed by atoms with van der Waals surface area (Å²) in [6, 6.07) is 3.90. The van der Waals surface area contributed by atoms with Gasteiger partial charge in [0.05, 0.1) is 19.2 Å². The van der Waals surface area contributed by atoms with Crippen molar-refractivity contribution in [1.29, 1.82) is 0 Å². The van der Waals surface area contributed by atoms with Crippen LogP contribution in [-0.2, 0) is 6.54 Å². The maximum absolute atomic E-state index is 6.37. The third-order valence-corrected chi connectivity index (χ3v) is 4.45. The molecule has 0 spiro atoms. The molecule has 1 aromatic rings. The summed E-state index contributed by atoms with van der Waals surface area (Å²) in [4.78, 5) is 0. The maximum Gasteiger partial charge on any atom is 0.179 e. The van der Waals surface area contributed by atoms with Crippen LogP contribution in [0.1, 0.15) is 37.7 Å². The Morgan fingerprint density at radius 2 is 1.90 bits per heavy atom. The molecule has 2 rings (SSSR count). The topological polar surface area (TPSA) is 30.5 Å². The summed E-state index contributed by atoms with van der Waals surface area (Å²) < 4.78 is 10.6. The summed E-state index contributed by atoms with van der Waals surface area (Å²) in [5, 5.41) is 4.16. The summed E-state index contributed by atoms with van der Waals surface area (Å²) in [5.74, 6) is 2.11. The van der Waals surface area contributed by atoms with Crippen molar-refractivity contribution in [2.45, 2.75) is 38.6 Å². The molecule has 1 saturated carbocycles. The third-order valence-electron chi connectivity index (χ3n) is 4.04. The first kappa shape index (κ1) is 15.5. The summed E-state index contributed by atoms with van der Waals surface area (Å²) in [6.07, 6.45) is 6.87. The van der Waals surface area contributed by atoms with E-state index in [0.29, 0.717) is 16.5 Å². The molecule has 20 heavy (non-hydrogen) atoms. The van der Waals surface area contributed by atoms with Crippen LogP contribution in [0.2, 0.25) is 5.02 Å². The lowest BCUT2D eigenvalue weighted by atomic mass is 9.89. The van der Waals surface area contributed by atoms with Crippen molar-refractivity contribution in [2.24, 2.45) is 5.92 Å². The minimum absolute atomic E-state index is 0.617. The highest BCUT2D eigenvalue weighted by Gasteiger charge is 2.15. The first-order valence-corrected chi connectivity index (χ1v) is 7.74. The molecular formula is C16H24ClNO2. The predicted molar refractivity (Wildman–Crippen MR) is 82.8 cm³/mol. The van der Waals surface area contributed by atoms with Crippen LogP contribution in [-0.4, -0.2) is 20.8 Å². The molecule has 1 aliphatic rings. The molecule has 0 aliphatic heterocycles. The number of methoxy groups -OCH3 is 2. The predicted octanol–water partition coefficient (Wildman–Crippen LogP) is 4.03. The van der Waals surface area contributed by atoms with Gasteiger partial charge in [-0.15, -0.1) is 0 Å². The fourth-order valence-corrected chi connectivity index (χ4v) is 3.17. The van der Waals surface area contributed by atoms with E-state index >= 15 is 0 Å². The fraction of sp³-hybridized carbons (Fsp3) is 0.625. The van der Waals surface area contributed by atoms with Gasteiger partial charge in [0.15, 0.2) is 11.5 Å². The first-order valence-electron chi connectivity index (χ1n) is 7.36. The van der Waals surface area contributed by atoms with Crippen LogP contribution in [0, 0.1) is 5.92 Å². The number of hydrogen-bond donors (Lipinski definition) is 1. The van der Waals surface area contributed by atoms with Gasteiger partial charge >= 0.3 is 0 Å². The normalized spacial score (nSPS) is 16.1. The summed E-state index contributed by atoms with van der Waals surface area (Å²) in [6.45, 7) is 1.85. The Morgan fingerprint density at radius 1 is 1.15 bits per heavy atom. The third kappa shape index (κ3) is 3.80. The Labute approximate surface area is 126 Å². The molecule has 112 valence electrons. The second-order valence-electron chi connectivity index (χ2n) is 5.41. The van der Waals surface area contributed by atoms with Crippen LogP contribution >= 0.6 is 11.6 Å². The lowest BCUT2D eigenvalue weighted by Crippen LogP contribution is -2.24. The van der Waals surface area contributed by atoms with Gasteiger partial charge in [-0.2, -0.15) is 0 Å². The highest BCUT2D eigenvalue weighted by molar-refractivity contribution is 6.33. The molecule has 1 aliphatic carbocycles. The molecular weight excluding hydrogens is 274 g/mol. The van der Waals surface area contributed by atoms with Crippen molar-refractivity contribution < 1.29 is 9.47 Å². The molecule has 0 heterocycles. The monoisotopic (exact) mass is 297 g/mol. The van der Waals surface area contributed by atoms with Crippen molar-refractivity contribution in [2.75, 3.05) is 20.8 Å². The summed E-state index contributed by atoms with van der Waals surface area (Å²) in [7, 11) is 3.23. The van der Waals surface area contributed by atoms with E-state index in [1.165, 1.54) is 32.1 Å². The number of benzene rings is 1. The van der Waals surface area contributed by atoms with Crippen LogP contribution in [0.5, 0.6) is 11.5 Å². The van der Waals surface area contributed by atoms with E-state index in [1.807, 2.05) is 12.1 Å². The molecule has 0 bridgehead atoms. The zero-order valence-corrected chi connectivity index (χ0v) is 13.1. The van der Waals surface area contributed by atoms with Gasteiger partial charge < -0.3 is 14.8 Å². The number of rotatable bonds is 6. The van der Waals surface area contributed by atoms with Gasteiger partial charge in [0.2, 0.25) is 0 Å². The largest absolute Gasteiger partial charge is 0.493 e. The lowest BCUT2D eigenvalue weighted by Gasteiger charge is -2.22. The minimum Gasteiger partial charge on any atom is -0.493 e. The average molecular weight is 298 g/mol. The SMILES string of the molecule is COc1ccc(CNCC2CCCCC2)c(Cl)c1OC. The van der Waals surface area contributed by atoms with Crippen LogP contribution in [0.4, 0.5) is 0 Å². The molecule has 4 heteroatoms. The van der Waals surface area contributed by atoms with Crippen molar-refractivity contribution in [3.05, 3.63) is 22.7 Å². The Balaban J connectivity index is 1.92. The average Bonchev–Trinajstić information content (AvgIpc) is 2.49. The first-order chi connectivity index (χ1) is 9.76. The van der Waals surface area contributed by atoms with E-state index in [2.05, 4.69) is 5.32 Å².